The fourth-order valence-electron chi connectivity index (χ4n) is 7.69. The van der Waals surface area contributed by atoms with Crippen molar-refractivity contribution >= 4 is 11.6 Å². The minimum Gasteiger partial charge on any atom is -0.362 e. The SMILES string of the molecule is C[C@]12CCC(=O)C[C@@H]1CC[C@@H]1[C@@H]2CC[C@]2(C)[C@@H](C(=O)C(O)O)CC[C@@H]12. The van der Waals surface area contributed by atoms with Crippen molar-refractivity contribution < 1.29 is 19.8 Å². The van der Waals surface area contributed by atoms with Crippen LogP contribution in [0, 0.1) is 40.4 Å². The van der Waals surface area contributed by atoms with Crippen molar-refractivity contribution in [3.8, 4) is 0 Å². The third-order valence-corrected chi connectivity index (χ3v) is 9.08. The molecule has 0 amide bonds. The zero-order valence-electron chi connectivity index (χ0n) is 15.5. The maximum Gasteiger partial charge on any atom is 0.213 e. The van der Waals surface area contributed by atoms with Crippen LogP contribution >= 0.6 is 0 Å². The molecule has 4 aliphatic rings. The Hall–Kier alpha value is -0.740. The molecule has 7 atom stereocenters. The molecule has 0 aromatic carbocycles. The van der Waals surface area contributed by atoms with E-state index in [0.29, 0.717) is 29.5 Å². The van der Waals surface area contributed by atoms with Crippen molar-refractivity contribution in [3.63, 3.8) is 0 Å². The first-order valence-electron chi connectivity index (χ1n) is 10.2. The number of carbonyl (C=O) groups is 2. The van der Waals surface area contributed by atoms with Gasteiger partial charge in [-0.1, -0.05) is 13.8 Å². The summed E-state index contributed by atoms with van der Waals surface area (Å²) in [5, 5.41) is 18.8. The molecule has 4 heteroatoms. The third-order valence-electron chi connectivity index (χ3n) is 9.08. The van der Waals surface area contributed by atoms with Gasteiger partial charge in [0.2, 0.25) is 6.29 Å². The average molecular weight is 348 g/mol. The fourth-order valence-corrected chi connectivity index (χ4v) is 7.69. The zero-order valence-corrected chi connectivity index (χ0v) is 15.5. The number of rotatable bonds is 2. The van der Waals surface area contributed by atoms with Crippen LogP contribution in [-0.4, -0.2) is 28.1 Å². The molecule has 4 fully saturated rings. The minimum absolute atomic E-state index is 0.0738. The van der Waals surface area contributed by atoms with E-state index in [-0.39, 0.29) is 22.5 Å². The van der Waals surface area contributed by atoms with Gasteiger partial charge in [-0.05, 0) is 79.4 Å². The molecule has 4 saturated carbocycles. The lowest BCUT2D eigenvalue weighted by Crippen LogP contribution is -2.54. The molecule has 4 aliphatic carbocycles. The number of fused-ring (bicyclic) bond motifs is 5. The smallest absolute Gasteiger partial charge is 0.213 e. The highest BCUT2D eigenvalue weighted by atomic mass is 16.5. The molecular formula is C21H32O4. The van der Waals surface area contributed by atoms with Crippen LogP contribution in [0.15, 0.2) is 0 Å². The predicted octanol–water partition coefficient (Wildman–Crippen LogP) is 3.09. The monoisotopic (exact) mass is 348 g/mol. The van der Waals surface area contributed by atoms with Gasteiger partial charge in [0.05, 0.1) is 0 Å². The van der Waals surface area contributed by atoms with Gasteiger partial charge in [0.25, 0.3) is 0 Å². The Balaban J connectivity index is 1.60. The van der Waals surface area contributed by atoms with Crippen molar-refractivity contribution in [2.24, 2.45) is 40.4 Å². The summed E-state index contributed by atoms with van der Waals surface area (Å²) >= 11 is 0. The third kappa shape index (κ3) is 2.47. The lowest BCUT2D eigenvalue weighted by Gasteiger charge is -2.60. The van der Waals surface area contributed by atoms with Crippen molar-refractivity contribution in [2.45, 2.75) is 77.9 Å². The van der Waals surface area contributed by atoms with Crippen LogP contribution in [0.1, 0.15) is 71.6 Å². The van der Waals surface area contributed by atoms with Crippen molar-refractivity contribution in [1.29, 1.82) is 0 Å². The quantitative estimate of drug-likeness (QED) is 0.752. The lowest BCUT2D eigenvalue weighted by molar-refractivity contribution is -0.159. The standard InChI is InChI=1S/C21H32O4/c1-20-9-7-13(22)11-12(20)3-4-14-15-5-6-17(18(23)19(24)25)21(15,2)10-8-16(14)20/h12,14-17,19,24-25H,3-11H2,1-2H3/t12-,14-,15-,16-,17+,20-,21-/m0/s1. The Labute approximate surface area is 150 Å². The Bertz CT molecular complexity index is 584. The minimum atomic E-state index is -1.82. The fraction of sp³-hybridized carbons (Fsp3) is 0.905. The molecule has 0 bridgehead atoms. The number of aliphatic hydroxyl groups is 2. The number of carbonyl (C=O) groups excluding carboxylic acids is 2. The van der Waals surface area contributed by atoms with Crippen molar-refractivity contribution in [2.75, 3.05) is 0 Å². The largest absolute Gasteiger partial charge is 0.362 e. The molecular weight excluding hydrogens is 316 g/mol. The van der Waals surface area contributed by atoms with Gasteiger partial charge >= 0.3 is 0 Å². The highest BCUT2D eigenvalue weighted by molar-refractivity contribution is 5.85. The second-order valence-electron chi connectivity index (χ2n) is 9.85. The maximum absolute atomic E-state index is 12.4. The van der Waals surface area contributed by atoms with E-state index >= 15 is 0 Å². The molecule has 2 N–H and O–H groups in total. The average Bonchev–Trinajstić information content (AvgIpc) is 2.92. The van der Waals surface area contributed by atoms with Crippen LogP contribution in [0.25, 0.3) is 0 Å². The van der Waals surface area contributed by atoms with Gasteiger partial charge in [-0.3, -0.25) is 9.59 Å². The molecule has 4 rings (SSSR count). The van der Waals surface area contributed by atoms with E-state index in [9.17, 15) is 19.8 Å². The Morgan fingerprint density at radius 3 is 2.44 bits per heavy atom. The summed E-state index contributed by atoms with van der Waals surface area (Å²) < 4.78 is 0. The molecule has 25 heavy (non-hydrogen) atoms. The molecule has 0 spiro atoms. The van der Waals surface area contributed by atoms with Crippen LogP contribution in [-0.2, 0) is 9.59 Å². The van der Waals surface area contributed by atoms with E-state index in [1.165, 1.54) is 6.42 Å². The zero-order chi connectivity index (χ0) is 18.0. The molecule has 0 aromatic rings. The lowest BCUT2D eigenvalue weighted by atomic mass is 9.44. The molecule has 0 heterocycles. The normalized spacial score (nSPS) is 49.5. The van der Waals surface area contributed by atoms with Gasteiger partial charge in [-0.25, -0.2) is 0 Å². The van der Waals surface area contributed by atoms with Crippen LogP contribution < -0.4 is 0 Å². The summed E-state index contributed by atoms with van der Waals surface area (Å²) in [6, 6.07) is 0. The van der Waals surface area contributed by atoms with E-state index < -0.39 is 6.29 Å². The Morgan fingerprint density at radius 1 is 1.00 bits per heavy atom. The summed E-state index contributed by atoms with van der Waals surface area (Å²) in [6.45, 7) is 4.66. The summed E-state index contributed by atoms with van der Waals surface area (Å²) in [6.07, 6.45) is 7.06. The van der Waals surface area contributed by atoms with Gasteiger partial charge < -0.3 is 10.2 Å². The van der Waals surface area contributed by atoms with E-state index in [4.69, 9.17) is 0 Å². The van der Waals surface area contributed by atoms with Gasteiger partial charge in [0.1, 0.15) is 5.78 Å². The Morgan fingerprint density at radius 2 is 1.72 bits per heavy atom. The number of hydrogen-bond acceptors (Lipinski definition) is 4. The van der Waals surface area contributed by atoms with E-state index in [1.54, 1.807) is 0 Å². The molecule has 140 valence electrons. The van der Waals surface area contributed by atoms with Gasteiger partial charge in [-0.2, -0.15) is 0 Å². The summed E-state index contributed by atoms with van der Waals surface area (Å²) in [4.78, 5) is 24.3. The highest BCUT2D eigenvalue weighted by Crippen LogP contribution is 2.67. The molecule has 0 unspecified atom stereocenters. The van der Waals surface area contributed by atoms with Gasteiger partial charge in [-0.15, -0.1) is 0 Å². The van der Waals surface area contributed by atoms with E-state index in [0.717, 1.165) is 51.4 Å². The van der Waals surface area contributed by atoms with Gasteiger partial charge in [0, 0.05) is 18.8 Å². The molecule has 0 aromatic heterocycles. The molecule has 0 radical (unpaired) electrons. The summed E-state index contributed by atoms with van der Waals surface area (Å²) in [7, 11) is 0. The summed E-state index contributed by atoms with van der Waals surface area (Å²) in [5.41, 5.74) is 0.215. The van der Waals surface area contributed by atoms with Gasteiger partial charge in [0.15, 0.2) is 5.78 Å². The van der Waals surface area contributed by atoms with Crippen molar-refractivity contribution in [1.82, 2.24) is 0 Å². The van der Waals surface area contributed by atoms with Crippen LogP contribution in [0.3, 0.4) is 0 Å². The number of ketones is 2. The maximum atomic E-state index is 12.4. The first-order chi connectivity index (χ1) is 11.8. The number of Topliss-reactive ketones (excluding diaryl/α,β-unsaturated/α-hetero) is 2. The second kappa shape index (κ2) is 5.88. The highest BCUT2D eigenvalue weighted by Gasteiger charge is 2.61. The molecule has 0 saturated heterocycles. The Kier molecular flexibility index (Phi) is 4.16. The molecule has 0 aliphatic heterocycles. The topological polar surface area (TPSA) is 74.6 Å². The van der Waals surface area contributed by atoms with E-state index in [1.807, 2.05) is 0 Å². The summed E-state index contributed by atoms with van der Waals surface area (Å²) in [5.74, 6) is 2.27. The van der Waals surface area contributed by atoms with Crippen molar-refractivity contribution in [3.05, 3.63) is 0 Å². The van der Waals surface area contributed by atoms with Crippen LogP contribution in [0.2, 0.25) is 0 Å². The van der Waals surface area contributed by atoms with E-state index in [2.05, 4.69) is 13.8 Å². The number of aliphatic hydroxyl groups excluding tert-OH is 1. The molecule has 4 nitrogen and oxygen atoms in total. The first kappa shape index (κ1) is 17.7. The van der Waals surface area contributed by atoms with Crippen LogP contribution in [0.5, 0.6) is 0 Å². The predicted molar refractivity (Wildman–Crippen MR) is 93.5 cm³/mol. The first-order valence-corrected chi connectivity index (χ1v) is 10.2. The van der Waals surface area contributed by atoms with Crippen LogP contribution in [0.4, 0.5) is 0 Å². The second-order valence-corrected chi connectivity index (χ2v) is 9.85. The number of hydrogen-bond donors (Lipinski definition) is 2.